The Hall–Kier alpha value is -5.29. The third-order valence-electron chi connectivity index (χ3n) is 7.38. The predicted molar refractivity (Wildman–Crippen MR) is 159 cm³/mol. The van der Waals surface area contributed by atoms with Gasteiger partial charge in [-0.05, 0) is 69.6 Å². The molecular formula is C34H25N3O2. The lowest BCUT2D eigenvalue weighted by atomic mass is 9.78. The van der Waals surface area contributed by atoms with Crippen LogP contribution < -0.4 is 21.5 Å². The number of nitrogens with one attached hydrogen (secondary N) is 1. The Morgan fingerprint density at radius 3 is 1.85 bits per heavy atom. The molecule has 7 rings (SSSR count). The van der Waals surface area contributed by atoms with E-state index in [4.69, 9.17) is 16.2 Å². The van der Waals surface area contributed by atoms with Gasteiger partial charge in [0.1, 0.15) is 11.5 Å². The molecule has 0 saturated heterocycles. The van der Waals surface area contributed by atoms with Crippen LogP contribution in [0.1, 0.15) is 33.0 Å². The Bertz CT molecular complexity index is 1820. The molecule has 6 aromatic carbocycles. The second-order valence-corrected chi connectivity index (χ2v) is 9.90. The van der Waals surface area contributed by atoms with Crippen LogP contribution in [-0.4, -0.2) is 5.91 Å². The zero-order valence-electron chi connectivity index (χ0n) is 21.0. The predicted octanol–water partition coefficient (Wildman–Crippen LogP) is 7.70. The van der Waals surface area contributed by atoms with Crippen molar-refractivity contribution in [3.63, 3.8) is 0 Å². The van der Waals surface area contributed by atoms with Gasteiger partial charge in [-0.3, -0.25) is 4.79 Å². The lowest BCUT2D eigenvalue weighted by Crippen LogP contribution is -2.15. The maximum atomic E-state index is 13.1. The summed E-state index contributed by atoms with van der Waals surface area (Å²) in [6, 6.07) is 38.0. The highest BCUT2D eigenvalue weighted by Gasteiger charge is 2.32. The summed E-state index contributed by atoms with van der Waals surface area (Å²) in [4.78, 5) is 13.1. The number of benzene rings is 6. The van der Waals surface area contributed by atoms with Gasteiger partial charge in [0.05, 0.1) is 0 Å². The Morgan fingerprint density at radius 1 is 0.641 bits per heavy atom. The summed E-state index contributed by atoms with van der Waals surface area (Å²) in [6.45, 7) is 0. The Kier molecular flexibility index (Phi) is 5.23. The molecule has 1 aliphatic heterocycles. The minimum Gasteiger partial charge on any atom is -0.457 e. The first-order valence-electron chi connectivity index (χ1n) is 12.8. The van der Waals surface area contributed by atoms with Gasteiger partial charge in [-0.2, -0.15) is 0 Å². The lowest BCUT2D eigenvalue weighted by Gasteiger charge is -2.31. The van der Waals surface area contributed by atoms with Crippen LogP contribution in [0.3, 0.4) is 0 Å². The Balaban J connectivity index is 1.41. The van der Waals surface area contributed by atoms with Gasteiger partial charge in [-0.15, -0.1) is 0 Å². The summed E-state index contributed by atoms with van der Waals surface area (Å²) in [7, 11) is 0. The zero-order valence-corrected chi connectivity index (χ0v) is 21.0. The molecule has 39 heavy (non-hydrogen) atoms. The van der Waals surface area contributed by atoms with Crippen LogP contribution in [0, 0.1) is 0 Å². The molecule has 6 aromatic rings. The molecule has 0 unspecified atom stereocenters. The summed E-state index contributed by atoms with van der Waals surface area (Å²) < 4.78 is 6.53. The summed E-state index contributed by atoms with van der Waals surface area (Å²) >= 11 is 0. The Labute approximate surface area is 225 Å². The average molecular weight is 508 g/mol. The molecule has 1 aliphatic rings. The van der Waals surface area contributed by atoms with Gasteiger partial charge < -0.3 is 21.5 Å². The molecular weight excluding hydrogens is 482 g/mol. The highest BCUT2D eigenvalue weighted by atomic mass is 16.5. The van der Waals surface area contributed by atoms with Crippen LogP contribution in [0.2, 0.25) is 0 Å². The maximum absolute atomic E-state index is 13.1. The van der Waals surface area contributed by atoms with E-state index in [1.54, 1.807) is 18.2 Å². The number of ether oxygens (including phenoxy) is 1. The standard InChI is InChI=1S/C34H25N3O2/c35-24-16-23(17-25(36)19-24)34(38)37-26-9-5-8-22(18-26)31-32-27-10-3-1-6-20(27)12-14-29(32)39-30-15-13-21-7-2-4-11-28(21)33(30)31/h1-19,31H,35-36H2,(H,37,38). The molecule has 1 amide bonds. The van der Waals surface area contributed by atoms with E-state index in [-0.39, 0.29) is 11.8 Å². The molecule has 0 spiro atoms. The molecule has 0 bridgehead atoms. The van der Waals surface area contributed by atoms with Crippen LogP contribution in [0.5, 0.6) is 11.5 Å². The molecule has 188 valence electrons. The molecule has 5 nitrogen and oxygen atoms in total. The van der Waals surface area contributed by atoms with Crippen molar-refractivity contribution >= 4 is 44.5 Å². The topological polar surface area (TPSA) is 90.4 Å². The first-order valence-corrected chi connectivity index (χ1v) is 12.8. The number of rotatable bonds is 3. The van der Waals surface area contributed by atoms with Crippen LogP contribution in [-0.2, 0) is 0 Å². The third kappa shape index (κ3) is 3.92. The molecule has 0 atom stereocenters. The van der Waals surface area contributed by atoms with Gasteiger partial charge in [0.2, 0.25) is 0 Å². The van der Waals surface area contributed by atoms with E-state index in [1.807, 2.05) is 18.2 Å². The number of carbonyl (C=O) groups is 1. The van der Waals surface area contributed by atoms with Crippen molar-refractivity contribution in [2.24, 2.45) is 0 Å². The number of carbonyl (C=O) groups excluding carboxylic acids is 1. The minimum absolute atomic E-state index is 0.110. The van der Waals surface area contributed by atoms with Crippen molar-refractivity contribution in [1.29, 1.82) is 0 Å². The van der Waals surface area contributed by atoms with Gasteiger partial charge in [-0.1, -0.05) is 72.8 Å². The SMILES string of the molecule is Nc1cc(N)cc(C(=O)Nc2cccc(C3c4c(ccc5ccccc45)Oc4ccc5ccccc5c43)c2)c1. The van der Waals surface area contributed by atoms with Crippen LogP contribution in [0.4, 0.5) is 17.1 Å². The van der Waals surface area contributed by atoms with Gasteiger partial charge in [0, 0.05) is 39.7 Å². The number of anilines is 3. The number of hydrogen-bond donors (Lipinski definition) is 3. The fourth-order valence-electron chi connectivity index (χ4n) is 5.73. The normalized spacial score (nSPS) is 12.5. The number of hydrogen-bond acceptors (Lipinski definition) is 4. The van der Waals surface area contributed by atoms with E-state index >= 15 is 0 Å². The van der Waals surface area contributed by atoms with Crippen LogP contribution >= 0.6 is 0 Å². The monoisotopic (exact) mass is 507 g/mol. The van der Waals surface area contributed by atoms with Crippen molar-refractivity contribution < 1.29 is 9.53 Å². The molecule has 5 heteroatoms. The maximum Gasteiger partial charge on any atom is 0.255 e. The fraction of sp³-hybridized carbons (Fsp3) is 0.0294. The largest absolute Gasteiger partial charge is 0.457 e. The van der Waals surface area contributed by atoms with Gasteiger partial charge in [0.15, 0.2) is 0 Å². The van der Waals surface area contributed by atoms with Gasteiger partial charge in [-0.25, -0.2) is 0 Å². The second kappa shape index (κ2) is 8.92. The summed E-state index contributed by atoms with van der Waals surface area (Å²) in [5.74, 6) is 1.30. The first-order chi connectivity index (χ1) is 19.0. The molecule has 0 saturated carbocycles. The molecule has 0 aliphatic carbocycles. The van der Waals surface area contributed by atoms with Crippen LogP contribution in [0.25, 0.3) is 21.5 Å². The van der Waals surface area contributed by atoms with Crippen LogP contribution in [0.15, 0.2) is 115 Å². The van der Waals surface area contributed by atoms with Crippen molar-refractivity contribution in [3.8, 4) is 11.5 Å². The number of fused-ring (bicyclic) bond motifs is 6. The fourth-order valence-corrected chi connectivity index (χ4v) is 5.73. The van der Waals surface area contributed by atoms with E-state index in [0.29, 0.717) is 22.6 Å². The molecule has 0 radical (unpaired) electrons. The highest BCUT2D eigenvalue weighted by molar-refractivity contribution is 6.05. The van der Waals surface area contributed by atoms with E-state index in [0.717, 1.165) is 49.7 Å². The molecule has 0 fully saturated rings. The zero-order chi connectivity index (χ0) is 26.5. The highest BCUT2D eigenvalue weighted by Crippen LogP contribution is 2.52. The van der Waals surface area contributed by atoms with Gasteiger partial charge >= 0.3 is 0 Å². The van der Waals surface area contributed by atoms with Crippen molar-refractivity contribution in [2.45, 2.75) is 5.92 Å². The average Bonchev–Trinajstić information content (AvgIpc) is 2.95. The van der Waals surface area contributed by atoms with E-state index < -0.39 is 0 Å². The number of amides is 1. The number of nitrogen functional groups attached to an aromatic ring is 2. The molecule has 0 aromatic heterocycles. The smallest absolute Gasteiger partial charge is 0.255 e. The molecule has 1 heterocycles. The summed E-state index contributed by atoms with van der Waals surface area (Å²) in [5.41, 5.74) is 17.1. The van der Waals surface area contributed by atoms with Crippen molar-refractivity contribution in [1.82, 2.24) is 0 Å². The summed E-state index contributed by atoms with van der Waals surface area (Å²) in [6.07, 6.45) is 0. The van der Waals surface area contributed by atoms with E-state index in [1.165, 1.54) is 0 Å². The second-order valence-electron chi connectivity index (χ2n) is 9.90. The minimum atomic E-state index is -0.269. The van der Waals surface area contributed by atoms with Crippen molar-refractivity contribution in [3.05, 3.63) is 138 Å². The third-order valence-corrected chi connectivity index (χ3v) is 7.38. The quantitative estimate of drug-likeness (QED) is 0.214. The molecule has 5 N–H and O–H groups in total. The Morgan fingerprint density at radius 2 is 1.23 bits per heavy atom. The van der Waals surface area contributed by atoms with E-state index in [2.05, 4.69) is 84.2 Å². The summed E-state index contributed by atoms with van der Waals surface area (Å²) in [5, 5.41) is 7.62. The van der Waals surface area contributed by atoms with Gasteiger partial charge in [0.25, 0.3) is 5.91 Å². The van der Waals surface area contributed by atoms with E-state index in [9.17, 15) is 4.79 Å². The number of nitrogens with two attached hydrogens (primary N) is 2. The van der Waals surface area contributed by atoms with Crippen molar-refractivity contribution in [2.75, 3.05) is 16.8 Å². The lowest BCUT2D eigenvalue weighted by molar-refractivity contribution is 0.102. The first kappa shape index (κ1) is 22.9.